The highest BCUT2D eigenvalue weighted by Gasteiger charge is 2.23. The number of carbonyl (C=O) groups excluding carboxylic acids is 2. The third-order valence-corrected chi connectivity index (χ3v) is 5.17. The van der Waals surface area contributed by atoms with Gasteiger partial charge < -0.3 is 14.8 Å². The SMILES string of the molecule is O=C(NC(Cc1ccccc1)C(=O)OCc1cccc(Oc2ccccc2)c1)c1ccccc1. The molecule has 4 rings (SSSR count). The maximum atomic E-state index is 13.0. The van der Waals surface area contributed by atoms with Crippen molar-refractivity contribution >= 4 is 11.9 Å². The molecule has 0 bridgehead atoms. The number of hydrogen-bond donors (Lipinski definition) is 1. The van der Waals surface area contributed by atoms with Gasteiger partial charge in [-0.2, -0.15) is 0 Å². The van der Waals surface area contributed by atoms with Gasteiger partial charge in [0, 0.05) is 12.0 Å². The van der Waals surface area contributed by atoms with Crippen LogP contribution in [0.4, 0.5) is 0 Å². The van der Waals surface area contributed by atoms with Crippen molar-refractivity contribution in [1.29, 1.82) is 0 Å². The second-order valence-corrected chi connectivity index (χ2v) is 7.75. The van der Waals surface area contributed by atoms with Gasteiger partial charge in [0.1, 0.15) is 24.1 Å². The van der Waals surface area contributed by atoms with Crippen molar-refractivity contribution < 1.29 is 19.1 Å². The number of para-hydroxylation sites is 1. The number of ether oxygens (including phenoxy) is 2. The van der Waals surface area contributed by atoms with E-state index in [9.17, 15) is 9.59 Å². The summed E-state index contributed by atoms with van der Waals surface area (Å²) in [7, 11) is 0. The molecule has 0 aromatic heterocycles. The van der Waals surface area contributed by atoms with E-state index in [4.69, 9.17) is 9.47 Å². The fourth-order valence-electron chi connectivity index (χ4n) is 3.45. The summed E-state index contributed by atoms with van der Waals surface area (Å²) in [6.07, 6.45) is 0.329. The van der Waals surface area contributed by atoms with E-state index in [2.05, 4.69) is 5.32 Å². The highest BCUT2D eigenvalue weighted by Crippen LogP contribution is 2.22. The highest BCUT2D eigenvalue weighted by atomic mass is 16.5. The van der Waals surface area contributed by atoms with Crippen molar-refractivity contribution in [3.05, 3.63) is 132 Å². The smallest absolute Gasteiger partial charge is 0.329 e. The molecule has 0 spiro atoms. The molecule has 0 heterocycles. The minimum atomic E-state index is -0.821. The third-order valence-electron chi connectivity index (χ3n) is 5.17. The van der Waals surface area contributed by atoms with Gasteiger partial charge in [-0.15, -0.1) is 0 Å². The molecule has 1 atom stereocenters. The van der Waals surface area contributed by atoms with Gasteiger partial charge in [0.15, 0.2) is 0 Å². The predicted molar refractivity (Wildman–Crippen MR) is 131 cm³/mol. The maximum absolute atomic E-state index is 13.0. The maximum Gasteiger partial charge on any atom is 0.329 e. The summed E-state index contributed by atoms with van der Waals surface area (Å²) in [5, 5.41) is 2.82. The number of nitrogens with one attached hydrogen (secondary N) is 1. The van der Waals surface area contributed by atoms with Crippen molar-refractivity contribution in [1.82, 2.24) is 5.32 Å². The first-order valence-corrected chi connectivity index (χ1v) is 11.1. The van der Waals surface area contributed by atoms with Crippen LogP contribution < -0.4 is 10.1 Å². The molecule has 0 saturated carbocycles. The monoisotopic (exact) mass is 451 g/mol. The molecule has 1 N–H and O–H groups in total. The Kier molecular flexibility index (Phi) is 7.70. The van der Waals surface area contributed by atoms with E-state index in [1.54, 1.807) is 24.3 Å². The van der Waals surface area contributed by atoms with E-state index in [1.165, 1.54) is 0 Å². The zero-order chi connectivity index (χ0) is 23.6. The predicted octanol–water partition coefficient (Wildman–Crippen LogP) is 5.56. The van der Waals surface area contributed by atoms with Gasteiger partial charge in [0.25, 0.3) is 5.91 Å². The lowest BCUT2D eigenvalue weighted by Gasteiger charge is -2.18. The molecule has 0 aliphatic rings. The van der Waals surface area contributed by atoms with Gasteiger partial charge in [-0.3, -0.25) is 4.79 Å². The number of esters is 1. The number of rotatable bonds is 9. The standard InChI is InChI=1S/C29H25NO4/c31-28(24-14-6-2-7-15-24)30-27(20-22-11-4-1-5-12-22)29(32)33-21-23-13-10-18-26(19-23)34-25-16-8-3-9-17-25/h1-19,27H,20-21H2,(H,30,31). The Morgan fingerprint density at radius 3 is 1.97 bits per heavy atom. The summed E-state index contributed by atoms with van der Waals surface area (Å²) in [5.74, 6) is 0.556. The zero-order valence-electron chi connectivity index (χ0n) is 18.6. The van der Waals surface area contributed by atoms with Crippen molar-refractivity contribution in [3.8, 4) is 11.5 Å². The van der Waals surface area contributed by atoms with Gasteiger partial charge in [0.2, 0.25) is 0 Å². The Morgan fingerprint density at radius 1 is 0.676 bits per heavy atom. The molecule has 34 heavy (non-hydrogen) atoms. The van der Waals surface area contributed by atoms with E-state index < -0.39 is 12.0 Å². The normalized spacial score (nSPS) is 11.3. The average molecular weight is 452 g/mol. The fourth-order valence-corrected chi connectivity index (χ4v) is 3.45. The van der Waals surface area contributed by atoms with Crippen LogP contribution in [0.25, 0.3) is 0 Å². The Bertz CT molecular complexity index is 1210. The van der Waals surface area contributed by atoms with E-state index >= 15 is 0 Å². The van der Waals surface area contributed by atoms with Crippen LogP contribution in [0.5, 0.6) is 11.5 Å². The largest absolute Gasteiger partial charge is 0.459 e. The lowest BCUT2D eigenvalue weighted by molar-refractivity contribution is -0.147. The summed E-state index contributed by atoms with van der Waals surface area (Å²) in [4.78, 5) is 25.7. The van der Waals surface area contributed by atoms with Crippen LogP contribution in [0.2, 0.25) is 0 Å². The number of hydrogen-bond acceptors (Lipinski definition) is 4. The molecular weight excluding hydrogens is 426 g/mol. The average Bonchev–Trinajstić information content (AvgIpc) is 2.89. The molecular formula is C29H25NO4. The number of amides is 1. The zero-order valence-corrected chi connectivity index (χ0v) is 18.6. The van der Waals surface area contributed by atoms with Gasteiger partial charge in [0.05, 0.1) is 0 Å². The van der Waals surface area contributed by atoms with Crippen molar-refractivity contribution in [2.75, 3.05) is 0 Å². The molecule has 5 nitrogen and oxygen atoms in total. The van der Waals surface area contributed by atoms with Crippen LogP contribution in [-0.2, 0) is 22.6 Å². The first-order chi connectivity index (χ1) is 16.7. The fraction of sp³-hybridized carbons (Fsp3) is 0.103. The van der Waals surface area contributed by atoms with E-state index in [0.29, 0.717) is 17.7 Å². The summed E-state index contributed by atoms with van der Waals surface area (Å²) in [6, 6.07) is 34.4. The van der Waals surface area contributed by atoms with Gasteiger partial charge in [-0.25, -0.2) is 4.79 Å². The van der Waals surface area contributed by atoms with Crippen LogP contribution in [0.15, 0.2) is 115 Å². The van der Waals surface area contributed by atoms with E-state index in [1.807, 2.05) is 91.0 Å². The third kappa shape index (κ3) is 6.56. The minimum Gasteiger partial charge on any atom is -0.459 e. The second kappa shape index (κ2) is 11.5. The van der Waals surface area contributed by atoms with Gasteiger partial charge >= 0.3 is 5.97 Å². The molecule has 0 fully saturated rings. The van der Waals surface area contributed by atoms with Crippen molar-refractivity contribution in [2.45, 2.75) is 19.1 Å². The molecule has 0 saturated heterocycles. The van der Waals surface area contributed by atoms with Crippen LogP contribution in [0, 0.1) is 0 Å². The van der Waals surface area contributed by atoms with Crippen LogP contribution in [0.1, 0.15) is 21.5 Å². The lowest BCUT2D eigenvalue weighted by atomic mass is 10.1. The molecule has 5 heteroatoms. The molecule has 0 radical (unpaired) electrons. The minimum absolute atomic E-state index is 0.0668. The Morgan fingerprint density at radius 2 is 1.26 bits per heavy atom. The summed E-state index contributed by atoms with van der Waals surface area (Å²) in [6.45, 7) is 0.0668. The molecule has 4 aromatic carbocycles. The second-order valence-electron chi connectivity index (χ2n) is 7.75. The van der Waals surface area contributed by atoms with Gasteiger partial charge in [-0.1, -0.05) is 78.9 Å². The highest BCUT2D eigenvalue weighted by molar-refractivity contribution is 5.96. The molecule has 1 amide bonds. The molecule has 170 valence electrons. The number of carbonyl (C=O) groups is 2. The van der Waals surface area contributed by atoms with Crippen molar-refractivity contribution in [2.24, 2.45) is 0 Å². The quantitative estimate of drug-likeness (QED) is 0.338. The molecule has 0 aliphatic heterocycles. The summed E-state index contributed by atoms with van der Waals surface area (Å²) < 4.78 is 11.5. The van der Waals surface area contributed by atoms with Gasteiger partial charge in [-0.05, 0) is 47.5 Å². The lowest BCUT2D eigenvalue weighted by Crippen LogP contribution is -2.43. The Hall–Kier alpha value is -4.38. The van der Waals surface area contributed by atoms with E-state index in [-0.39, 0.29) is 12.5 Å². The summed E-state index contributed by atoms with van der Waals surface area (Å²) >= 11 is 0. The first-order valence-electron chi connectivity index (χ1n) is 11.1. The van der Waals surface area contributed by atoms with Crippen LogP contribution in [-0.4, -0.2) is 17.9 Å². The molecule has 0 aliphatic carbocycles. The first kappa shape index (κ1) is 22.8. The number of benzene rings is 4. The molecule has 4 aromatic rings. The van der Waals surface area contributed by atoms with Crippen LogP contribution >= 0.6 is 0 Å². The van der Waals surface area contributed by atoms with Crippen LogP contribution in [0.3, 0.4) is 0 Å². The Balaban J connectivity index is 1.42. The van der Waals surface area contributed by atoms with Crippen molar-refractivity contribution in [3.63, 3.8) is 0 Å². The topological polar surface area (TPSA) is 64.6 Å². The Labute approximate surface area is 199 Å². The molecule has 1 unspecified atom stereocenters. The van der Waals surface area contributed by atoms with E-state index in [0.717, 1.165) is 16.9 Å². The summed E-state index contributed by atoms with van der Waals surface area (Å²) in [5.41, 5.74) is 2.20.